The molecule has 0 bridgehead atoms. The SMILES string of the molecule is CCCC(O)(CC(=O)OC(=O)O)C(CC)CO. The van der Waals surface area contributed by atoms with Gasteiger partial charge in [-0.05, 0) is 12.8 Å². The van der Waals surface area contributed by atoms with Crippen molar-refractivity contribution in [2.24, 2.45) is 5.92 Å². The highest BCUT2D eigenvalue weighted by molar-refractivity contribution is 5.81. The van der Waals surface area contributed by atoms with Crippen LogP contribution in [0.1, 0.15) is 39.5 Å². The molecule has 0 amide bonds. The molecule has 0 aromatic carbocycles. The van der Waals surface area contributed by atoms with Crippen LogP contribution in [0.4, 0.5) is 4.79 Å². The number of ether oxygens (including phenoxy) is 1. The number of rotatable bonds is 7. The molecule has 0 aromatic heterocycles. The van der Waals surface area contributed by atoms with E-state index in [1.54, 1.807) is 6.92 Å². The van der Waals surface area contributed by atoms with Gasteiger partial charge in [-0.2, -0.15) is 0 Å². The van der Waals surface area contributed by atoms with Crippen LogP contribution in [0.3, 0.4) is 0 Å². The number of hydrogen-bond donors (Lipinski definition) is 3. The van der Waals surface area contributed by atoms with Gasteiger partial charge in [-0.3, -0.25) is 4.79 Å². The average Bonchev–Trinajstić information content (AvgIpc) is 2.17. The summed E-state index contributed by atoms with van der Waals surface area (Å²) in [5, 5.41) is 27.7. The summed E-state index contributed by atoms with van der Waals surface area (Å²) in [5.41, 5.74) is -1.41. The molecule has 0 saturated carbocycles. The number of aliphatic hydroxyl groups is 2. The maximum Gasteiger partial charge on any atom is 0.513 e. The number of carboxylic acid groups (broad SMARTS) is 1. The topological polar surface area (TPSA) is 104 Å². The highest BCUT2D eigenvalue weighted by atomic mass is 16.7. The fourth-order valence-electron chi connectivity index (χ4n) is 1.93. The van der Waals surface area contributed by atoms with E-state index in [0.717, 1.165) is 0 Å². The Hall–Kier alpha value is -1.14. The van der Waals surface area contributed by atoms with Gasteiger partial charge in [0.25, 0.3) is 0 Å². The lowest BCUT2D eigenvalue weighted by molar-refractivity contribution is -0.148. The van der Waals surface area contributed by atoms with Crippen molar-refractivity contribution in [1.82, 2.24) is 0 Å². The highest BCUT2D eigenvalue weighted by Crippen LogP contribution is 2.29. The summed E-state index contributed by atoms with van der Waals surface area (Å²) in [5.74, 6) is -1.47. The first-order valence-electron chi connectivity index (χ1n) is 5.66. The number of esters is 1. The molecule has 0 fully saturated rings. The third-order valence-corrected chi connectivity index (χ3v) is 2.81. The number of carbonyl (C=O) groups excluding carboxylic acids is 1. The molecule has 17 heavy (non-hydrogen) atoms. The normalized spacial score (nSPS) is 16.0. The molecule has 2 atom stereocenters. The molecule has 100 valence electrons. The first kappa shape index (κ1) is 15.9. The number of hydrogen-bond acceptors (Lipinski definition) is 5. The van der Waals surface area contributed by atoms with Gasteiger partial charge >= 0.3 is 12.1 Å². The fourth-order valence-corrected chi connectivity index (χ4v) is 1.93. The maximum atomic E-state index is 11.2. The molecule has 3 N–H and O–H groups in total. The maximum absolute atomic E-state index is 11.2. The molecule has 2 unspecified atom stereocenters. The van der Waals surface area contributed by atoms with Crippen molar-refractivity contribution in [1.29, 1.82) is 0 Å². The van der Waals surface area contributed by atoms with Crippen LogP contribution in [0.15, 0.2) is 0 Å². The van der Waals surface area contributed by atoms with Crippen molar-refractivity contribution < 1.29 is 29.6 Å². The van der Waals surface area contributed by atoms with Crippen LogP contribution < -0.4 is 0 Å². The van der Waals surface area contributed by atoms with Gasteiger partial charge < -0.3 is 20.1 Å². The summed E-state index contributed by atoms with van der Waals surface area (Å²) in [6, 6.07) is 0. The Morgan fingerprint density at radius 2 is 1.94 bits per heavy atom. The predicted octanol–water partition coefficient (Wildman–Crippen LogP) is 1.15. The molecule has 6 heteroatoms. The standard InChI is InChI=1S/C11H20O6/c1-3-5-11(16,8(4-2)7-12)6-9(13)17-10(14)15/h8,12,16H,3-7H2,1-2H3,(H,14,15). The van der Waals surface area contributed by atoms with Crippen LogP contribution >= 0.6 is 0 Å². The van der Waals surface area contributed by atoms with E-state index in [-0.39, 0.29) is 6.61 Å². The molecule has 0 aromatic rings. The van der Waals surface area contributed by atoms with Gasteiger partial charge in [0.15, 0.2) is 0 Å². The highest BCUT2D eigenvalue weighted by Gasteiger charge is 2.37. The van der Waals surface area contributed by atoms with Crippen molar-refractivity contribution in [3.8, 4) is 0 Å². The minimum atomic E-state index is -1.69. The zero-order valence-corrected chi connectivity index (χ0v) is 10.2. The molecule has 0 aliphatic carbocycles. The minimum absolute atomic E-state index is 0.257. The van der Waals surface area contributed by atoms with Gasteiger partial charge in [0.2, 0.25) is 0 Å². The lowest BCUT2D eigenvalue weighted by Gasteiger charge is -2.33. The van der Waals surface area contributed by atoms with E-state index in [2.05, 4.69) is 4.74 Å². The van der Waals surface area contributed by atoms with E-state index in [1.165, 1.54) is 0 Å². The Labute approximate surface area is 100 Å². The molecule has 0 aliphatic heterocycles. The van der Waals surface area contributed by atoms with E-state index in [4.69, 9.17) is 10.2 Å². The van der Waals surface area contributed by atoms with E-state index < -0.39 is 30.1 Å². The molecular formula is C11H20O6. The molecule has 0 heterocycles. The smallest absolute Gasteiger partial charge is 0.449 e. The lowest BCUT2D eigenvalue weighted by Crippen LogP contribution is -2.42. The molecule has 0 spiro atoms. The lowest BCUT2D eigenvalue weighted by atomic mass is 9.80. The summed E-state index contributed by atoms with van der Waals surface area (Å²) in [4.78, 5) is 21.4. The van der Waals surface area contributed by atoms with Crippen molar-refractivity contribution in [2.75, 3.05) is 6.61 Å². The van der Waals surface area contributed by atoms with Gasteiger partial charge in [-0.1, -0.05) is 20.3 Å². The summed E-state index contributed by atoms with van der Waals surface area (Å²) >= 11 is 0. The molecule has 0 rings (SSSR count). The largest absolute Gasteiger partial charge is 0.513 e. The molecule has 6 nitrogen and oxygen atoms in total. The van der Waals surface area contributed by atoms with E-state index in [1.807, 2.05) is 6.92 Å². The van der Waals surface area contributed by atoms with E-state index in [9.17, 15) is 14.7 Å². The van der Waals surface area contributed by atoms with Crippen molar-refractivity contribution in [3.05, 3.63) is 0 Å². The molecule has 0 radical (unpaired) electrons. The first-order chi connectivity index (χ1) is 7.89. The van der Waals surface area contributed by atoms with Gasteiger partial charge in [-0.25, -0.2) is 4.79 Å². The second-order valence-electron chi connectivity index (χ2n) is 4.06. The third kappa shape index (κ3) is 5.14. The first-order valence-corrected chi connectivity index (χ1v) is 5.66. The van der Waals surface area contributed by atoms with Crippen LogP contribution in [-0.2, 0) is 9.53 Å². The Morgan fingerprint density at radius 1 is 1.35 bits per heavy atom. The summed E-state index contributed by atoms with van der Waals surface area (Å²) in [6.07, 6.45) is -0.695. The summed E-state index contributed by atoms with van der Waals surface area (Å²) < 4.78 is 3.97. The van der Waals surface area contributed by atoms with Crippen LogP contribution in [0.2, 0.25) is 0 Å². The Morgan fingerprint density at radius 3 is 2.29 bits per heavy atom. The third-order valence-electron chi connectivity index (χ3n) is 2.81. The predicted molar refractivity (Wildman–Crippen MR) is 59.5 cm³/mol. The zero-order chi connectivity index (χ0) is 13.5. The van der Waals surface area contributed by atoms with Gasteiger partial charge in [0.1, 0.15) is 0 Å². The van der Waals surface area contributed by atoms with Crippen LogP contribution in [0.5, 0.6) is 0 Å². The molecular weight excluding hydrogens is 228 g/mol. The van der Waals surface area contributed by atoms with E-state index >= 15 is 0 Å². The number of aliphatic hydroxyl groups excluding tert-OH is 1. The Bertz CT molecular complexity index is 261. The Balaban J connectivity index is 4.70. The Kier molecular flexibility index (Phi) is 6.75. The van der Waals surface area contributed by atoms with Crippen molar-refractivity contribution in [2.45, 2.75) is 45.1 Å². The summed E-state index contributed by atoms with van der Waals surface area (Å²) in [7, 11) is 0. The quantitative estimate of drug-likeness (QED) is 0.461. The monoisotopic (exact) mass is 248 g/mol. The van der Waals surface area contributed by atoms with Crippen molar-refractivity contribution in [3.63, 3.8) is 0 Å². The van der Waals surface area contributed by atoms with Gasteiger partial charge in [-0.15, -0.1) is 0 Å². The summed E-state index contributed by atoms with van der Waals surface area (Å²) in [6.45, 7) is 3.36. The van der Waals surface area contributed by atoms with Crippen LogP contribution in [0, 0.1) is 5.92 Å². The second kappa shape index (κ2) is 7.24. The second-order valence-corrected chi connectivity index (χ2v) is 4.06. The van der Waals surface area contributed by atoms with E-state index in [0.29, 0.717) is 19.3 Å². The molecule has 0 aliphatic rings. The van der Waals surface area contributed by atoms with Crippen LogP contribution in [-0.4, -0.2) is 39.7 Å². The average molecular weight is 248 g/mol. The minimum Gasteiger partial charge on any atom is -0.449 e. The number of carbonyl (C=O) groups is 2. The van der Waals surface area contributed by atoms with Crippen LogP contribution in [0.25, 0.3) is 0 Å². The fraction of sp³-hybridized carbons (Fsp3) is 0.818. The zero-order valence-electron chi connectivity index (χ0n) is 10.2. The van der Waals surface area contributed by atoms with Gasteiger partial charge in [0.05, 0.1) is 12.0 Å². The van der Waals surface area contributed by atoms with Gasteiger partial charge in [0, 0.05) is 12.5 Å². The molecule has 0 saturated heterocycles. The van der Waals surface area contributed by atoms with Crippen molar-refractivity contribution >= 4 is 12.1 Å².